The van der Waals surface area contributed by atoms with Crippen LogP contribution in [-0.4, -0.2) is 47.2 Å². The normalized spacial score (nSPS) is 15.2. The molecule has 0 spiro atoms. The Kier molecular flexibility index (Phi) is 5.92. The van der Waals surface area contributed by atoms with Crippen LogP contribution in [0.1, 0.15) is 40.2 Å². The monoisotopic (exact) mass is 392 g/mol. The number of carbonyl (C=O) groups excluding carboxylic acids is 1. The molecule has 1 aromatic carbocycles. The molecule has 1 aliphatic heterocycles. The lowest BCUT2D eigenvalue weighted by Gasteiger charge is -2.32. The van der Waals surface area contributed by atoms with Crippen LogP contribution in [0.25, 0.3) is 10.9 Å². The van der Waals surface area contributed by atoms with Crippen LogP contribution >= 0.6 is 0 Å². The average Bonchev–Trinajstić information content (AvgIpc) is 3.16. The van der Waals surface area contributed by atoms with E-state index >= 15 is 0 Å². The van der Waals surface area contributed by atoms with Crippen LogP contribution < -0.4 is 5.73 Å². The Labute approximate surface area is 171 Å². The quantitative estimate of drug-likeness (QED) is 0.699. The lowest BCUT2D eigenvalue weighted by molar-refractivity contribution is 0.0714. The van der Waals surface area contributed by atoms with Crippen molar-refractivity contribution in [3.05, 3.63) is 65.6 Å². The van der Waals surface area contributed by atoms with E-state index in [1.165, 1.54) is 11.1 Å². The minimum absolute atomic E-state index is 0.103. The first-order chi connectivity index (χ1) is 14.2. The number of nitrogens with zero attached hydrogens (tertiary/aromatic N) is 3. The first-order valence-corrected chi connectivity index (χ1v) is 10.2. The summed E-state index contributed by atoms with van der Waals surface area (Å²) in [6.07, 6.45) is 7.46. The number of methoxy groups -OCH3 is 1. The van der Waals surface area contributed by atoms with E-state index in [0.29, 0.717) is 25.6 Å². The molecule has 0 bridgehead atoms. The Morgan fingerprint density at radius 2 is 2.10 bits per heavy atom. The molecular weight excluding hydrogens is 364 g/mol. The molecule has 1 fully saturated rings. The van der Waals surface area contributed by atoms with Gasteiger partial charge in [-0.15, -0.1) is 0 Å². The lowest BCUT2D eigenvalue weighted by atomic mass is 9.88. The van der Waals surface area contributed by atoms with E-state index in [2.05, 4.69) is 33.8 Å². The zero-order valence-corrected chi connectivity index (χ0v) is 16.9. The topological polar surface area (TPSA) is 73.4 Å². The number of benzene rings is 1. The predicted molar refractivity (Wildman–Crippen MR) is 114 cm³/mol. The summed E-state index contributed by atoms with van der Waals surface area (Å²) in [5, 5.41) is 0.957. The van der Waals surface area contributed by atoms with Crippen LogP contribution in [0.2, 0.25) is 0 Å². The molecule has 3 aromatic rings. The summed E-state index contributed by atoms with van der Waals surface area (Å²) < 4.78 is 7.27. The van der Waals surface area contributed by atoms with E-state index in [0.717, 1.165) is 42.4 Å². The van der Waals surface area contributed by atoms with Gasteiger partial charge in [-0.05, 0) is 36.0 Å². The molecule has 0 atom stereocenters. The highest BCUT2D eigenvalue weighted by Gasteiger charge is 2.26. The van der Waals surface area contributed by atoms with E-state index < -0.39 is 0 Å². The maximum Gasteiger partial charge on any atom is 0.256 e. The van der Waals surface area contributed by atoms with E-state index in [-0.39, 0.29) is 5.91 Å². The van der Waals surface area contributed by atoms with E-state index in [1.54, 1.807) is 13.3 Å². The number of pyridine rings is 1. The summed E-state index contributed by atoms with van der Waals surface area (Å²) in [5.41, 5.74) is 10.0. The van der Waals surface area contributed by atoms with Crippen molar-refractivity contribution in [3.8, 4) is 0 Å². The number of likely N-dealkylation sites (tertiary alicyclic amines) is 1. The molecule has 1 saturated heterocycles. The van der Waals surface area contributed by atoms with Crippen molar-refractivity contribution < 1.29 is 9.53 Å². The SMILES string of the molecule is COCCn1cc(C(=O)N2CCC(c3cccc(CN)c3)CC2)c2ccncc21. The molecule has 29 heavy (non-hydrogen) atoms. The zero-order valence-electron chi connectivity index (χ0n) is 16.9. The molecule has 0 radical (unpaired) electrons. The van der Waals surface area contributed by atoms with Gasteiger partial charge in [0, 0.05) is 51.1 Å². The number of hydrogen-bond donors (Lipinski definition) is 1. The number of fused-ring (bicyclic) bond motifs is 1. The van der Waals surface area contributed by atoms with Crippen LogP contribution in [0.15, 0.2) is 48.9 Å². The molecule has 0 aliphatic carbocycles. The van der Waals surface area contributed by atoms with Gasteiger partial charge in [-0.2, -0.15) is 0 Å². The number of hydrogen-bond acceptors (Lipinski definition) is 4. The van der Waals surface area contributed by atoms with Crippen LogP contribution in [0.3, 0.4) is 0 Å². The maximum absolute atomic E-state index is 13.3. The first-order valence-electron chi connectivity index (χ1n) is 10.2. The second-order valence-electron chi connectivity index (χ2n) is 7.64. The number of carbonyl (C=O) groups is 1. The third kappa shape index (κ3) is 4.04. The minimum atomic E-state index is 0.103. The van der Waals surface area contributed by atoms with Gasteiger partial charge < -0.3 is 19.9 Å². The molecular formula is C23H28N4O2. The second-order valence-corrected chi connectivity index (χ2v) is 7.64. The van der Waals surface area contributed by atoms with Crippen molar-refractivity contribution in [1.82, 2.24) is 14.5 Å². The highest BCUT2D eigenvalue weighted by Crippen LogP contribution is 2.30. The van der Waals surface area contributed by atoms with E-state index in [9.17, 15) is 4.79 Å². The number of aromatic nitrogens is 2. The largest absolute Gasteiger partial charge is 0.383 e. The molecule has 0 saturated carbocycles. The van der Waals surface area contributed by atoms with Crippen LogP contribution in [0.5, 0.6) is 0 Å². The van der Waals surface area contributed by atoms with Crippen molar-refractivity contribution in [2.75, 3.05) is 26.8 Å². The first kappa shape index (κ1) is 19.6. The van der Waals surface area contributed by atoms with Crippen LogP contribution in [-0.2, 0) is 17.8 Å². The Hall–Kier alpha value is -2.70. The molecule has 1 aliphatic rings. The fourth-order valence-corrected chi connectivity index (χ4v) is 4.24. The smallest absolute Gasteiger partial charge is 0.256 e. The summed E-state index contributed by atoms with van der Waals surface area (Å²) in [6, 6.07) is 10.5. The Morgan fingerprint density at radius 3 is 2.86 bits per heavy atom. The van der Waals surface area contributed by atoms with Crippen molar-refractivity contribution in [2.45, 2.75) is 31.8 Å². The lowest BCUT2D eigenvalue weighted by Crippen LogP contribution is -2.37. The molecule has 6 nitrogen and oxygen atoms in total. The summed E-state index contributed by atoms with van der Waals surface area (Å²) in [4.78, 5) is 19.5. The molecule has 152 valence electrons. The Balaban J connectivity index is 1.50. The Morgan fingerprint density at radius 1 is 1.28 bits per heavy atom. The second kappa shape index (κ2) is 8.76. The molecule has 0 unspecified atom stereocenters. The van der Waals surface area contributed by atoms with Gasteiger partial charge in [-0.25, -0.2) is 0 Å². The summed E-state index contributed by atoms with van der Waals surface area (Å²) >= 11 is 0. The van der Waals surface area contributed by atoms with Gasteiger partial charge in [0.25, 0.3) is 5.91 Å². The van der Waals surface area contributed by atoms with Crippen molar-refractivity contribution >= 4 is 16.8 Å². The summed E-state index contributed by atoms with van der Waals surface area (Å²) in [6.45, 7) is 3.40. The molecule has 6 heteroatoms. The molecule has 3 heterocycles. The molecule has 2 aromatic heterocycles. The van der Waals surface area contributed by atoms with Crippen LogP contribution in [0.4, 0.5) is 0 Å². The number of rotatable bonds is 6. The molecule has 4 rings (SSSR count). The van der Waals surface area contributed by atoms with Gasteiger partial charge in [-0.1, -0.05) is 24.3 Å². The average molecular weight is 393 g/mol. The Bertz CT molecular complexity index is 989. The van der Waals surface area contributed by atoms with Gasteiger partial charge in [0.15, 0.2) is 0 Å². The predicted octanol–water partition coefficient (Wildman–Crippen LogP) is 3.16. The number of piperidine rings is 1. The van der Waals surface area contributed by atoms with Crippen molar-refractivity contribution in [1.29, 1.82) is 0 Å². The standard InChI is InChI=1S/C23H28N4O2/c1-29-12-11-27-16-21(20-5-8-25-15-22(20)27)23(28)26-9-6-18(7-10-26)19-4-2-3-17(13-19)14-24/h2-5,8,13,15-16,18H,6-7,9-12,14,24H2,1H3. The highest BCUT2D eigenvalue weighted by molar-refractivity contribution is 6.06. The van der Waals surface area contributed by atoms with Crippen LogP contribution in [0, 0.1) is 0 Å². The minimum Gasteiger partial charge on any atom is -0.383 e. The van der Waals surface area contributed by atoms with E-state index in [1.807, 2.05) is 23.4 Å². The number of ether oxygens (including phenoxy) is 1. The molecule has 1 amide bonds. The van der Waals surface area contributed by atoms with Gasteiger partial charge >= 0.3 is 0 Å². The number of amides is 1. The maximum atomic E-state index is 13.3. The van der Waals surface area contributed by atoms with Gasteiger partial charge in [-0.3, -0.25) is 9.78 Å². The fourth-order valence-electron chi connectivity index (χ4n) is 4.24. The summed E-state index contributed by atoms with van der Waals surface area (Å²) in [7, 11) is 1.68. The van der Waals surface area contributed by atoms with Gasteiger partial charge in [0.05, 0.1) is 23.9 Å². The van der Waals surface area contributed by atoms with Gasteiger partial charge in [0.1, 0.15) is 0 Å². The molecule has 2 N–H and O–H groups in total. The van der Waals surface area contributed by atoms with Gasteiger partial charge in [0.2, 0.25) is 0 Å². The third-order valence-electron chi connectivity index (χ3n) is 5.89. The summed E-state index contributed by atoms with van der Waals surface area (Å²) in [5.74, 6) is 0.587. The number of nitrogens with two attached hydrogens (primary N) is 1. The van der Waals surface area contributed by atoms with E-state index in [4.69, 9.17) is 10.5 Å². The highest BCUT2D eigenvalue weighted by atomic mass is 16.5. The zero-order chi connectivity index (χ0) is 20.2. The van der Waals surface area contributed by atoms with Crippen molar-refractivity contribution in [2.24, 2.45) is 5.73 Å². The van der Waals surface area contributed by atoms with Crippen molar-refractivity contribution in [3.63, 3.8) is 0 Å². The third-order valence-corrected chi connectivity index (χ3v) is 5.89. The fraction of sp³-hybridized carbons (Fsp3) is 0.391.